The third-order valence-electron chi connectivity index (χ3n) is 3.31. The molecule has 2 heterocycles. The molecule has 7 heteroatoms. The number of aryl methyl sites for hydroxylation is 1. The third kappa shape index (κ3) is 2.39. The average Bonchev–Trinajstić information content (AvgIpc) is 2.90. The number of anilines is 1. The number of rotatable bonds is 3. The molecule has 0 unspecified atom stereocenters. The minimum Gasteiger partial charge on any atom is -0.340 e. The van der Waals surface area contributed by atoms with E-state index in [9.17, 15) is 14.9 Å². The molecule has 0 aliphatic heterocycles. The molecule has 0 spiro atoms. The number of carbonyl (C=O) groups excluding carboxylic acids is 1. The molecule has 0 atom stereocenters. The van der Waals surface area contributed by atoms with Crippen LogP contribution in [0.1, 0.15) is 10.5 Å². The van der Waals surface area contributed by atoms with Crippen LogP contribution in [0, 0.1) is 10.1 Å². The summed E-state index contributed by atoms with van der Waals surface area (Å²) in [6.45, 7) is 0. The minimum atomic E-state index is -0.531. The number of pyridine rings is 1. The number of benzene rings is 1. The van der Waals surface area contributed by atoms with Crippen molar-refractivity contribution in [2.75, 3.05) is 5.32 Å². The predicted octanol–water partition coefficient (Wildman–Crippen LogP) is 2.73. The summed E-state index contributed by atoms with van der Waals surface area (Å²) in [6.07, 6.45) is 2.95. The fourth-order valence-corrected chi connectivity index (χ4v) is 2.26. The van der Waals surface area contributed by atoms with Gasteiger partial charge in [0.1, 0.15) is 5.69 Å². The van der Waals surface area contributed by atoms with E-state index in [4.69, 9.17) is 0 Å². The number of nitro groups is 1. The number of carbonyl (C=O) groups is 1. The molecule has 0 saturated carbocycles. The Morgan fingerprint density at radius 3 is 2.82 bits per heavy atom. The number of nitrogens with zero attached hydrogens (tertiary/aromatic N) is 3. The first-order valence-corrected chi connectivity index (χ1v) is 6.52. The second-order valence-corrected chi connectivity index (χ2v) is 4.79. The first-order valence-electron chi connectivity index (χ1n) is 6.52. The lowest BCUT2D eigenvalue weighted by atomic mass is 10.2. The van der Waals surface area contributed by atoms with Crippen molar-refractivity contribution in [1.29, 1.82) is 0 Å². The van der Waals surface area contributed by atoms with Crippen molar-refractivity contribution in [3.8, 4) is 0 Å². The van der Waals surface area contributed by atoms with Crippen molar-refractivity contribution in [2.24, 2.45) is 7.05 Å². The second-order valence-electron chi connectivity index (χ2n) is 4.79. The molecule has 0 radical (unpaired) electrons. The Hall–Kier alpha value is -3.22. The molecular formula is C15H12N4O3. The molecule has 0 saturated heterocycles. The standard InChI is InChI=1S/C15H12N4O3/c1-18-9-11(19(21)22)8-13(18)15(20)17-12-6-2-4-10-5-3-7-16-14(10)12/h2-9H,1H3,(H,17,20). The summed E-state index contributed by atoms with van der Waals surface area (Å²) < 4.78 is 1.42. The van der Waals surface area contributed by atoms with Crippen LogP contribution in [0.2, 0.25) is 0 Å². The van der Waals surface area contributed by atoms with Gasteiger partial charge in [-0.25, -0.2) is 0 Å². The number of para-hydroxylation sites is 1. The highest BCUT2D eigenvalue weighted by molar-refractivity contribution is 6.07. The van der Waals surface area contributed by atoms with Gasteiger partial charge in [0.15, 0.2) is 0 Å². The van der Waals surface area contributed by atoms with Crippen molar-refractivity contribution in [3.63, 3.8) is 0 Å². The lowest BCUT2D eigenvalue weighted by Gasteiger charge is -2.08. The Morgan fingerprint density at radius 1 is 1.32 bits per heavy atom. The smallest absolute Gasteiger partial charge is 0.287 e. The molecule has 0 fully saturated rings. The average molecular weight is 296 g/mol. The number of aromatic nitrogens is 2. The van der Waals surface area contributed by atoms with Gasteiger partial charge in [-0.1, -0.05) is 18.2 Å². The summed E-state index contributed by atoms with van der Waals surface area (Å²) in [5.41, 5.74) is 1.32. The van der Waals surface area contributed by atoms with E-state index in [0.717, 1.165) is 5.39 Å². The monoisotopic (exact) mass is 296 g/mol. The van der Waals surface area contributed by atoms with Gasteiger partial charge in [0.25, 0.3) is 11.6 Å². The summed E-state index contributed by atoms with van der Waals surface area (Å²) in [6, 6.07) is 10.4. The Morgan fingerprint density at radius 2 is 2.09 bits per heavy atom. The Bertz CT molecular complexity index is 880. The normalized spacial score (nSPS) is 10.6. The van der Waals surface area contributed by atoms with Gasteiger partial charge in [-0.3, -0.25) is 19.9 Å². The van der Waals surface area contributed by atoms with E-state index >= 15 is 0 Å². The molecule has 1 amide bonds. The van der Waals surface area contributed by atoms with Crippen LogP contribution in [-0.4, -0.2) is 20.4 Å². The van der Waals surface area contributed by atoms with Gasteiger partial charge >= 0.3 is 0 Å². The molecule has 1 N–H and O–H groups in total. The van der Waals surface area contributed by atoms with E-state index in [-0.39, 0.29) is 11.4 Å². The van der Waals surface area contributed by atoms with E-state index in [1.807, 2.05) is 24.3 Å². The van der Waals surface area contributed by atoms with Gasteiger partial charge in [-0.05, 0) is 12.1 Å². The third-order valence-corrected chi connectivity index (χ3v) is 3.31. The molecule has 0 aliphatic rings. The van der Waals surface area contributed by atoms with E-state index in [0.29, 0.717) is 11.2 Å². The topological polar surface area (TPSA) is 90.1 Å². The van der Waals surface area contributed by atoms with Crippen LogP contribution < -0.4 is 5.32 Å². The van der Waals surface area contributed by atoms with Gasteiger partial charge in [0.05, 0.1) is 22.3 Å². The minimum absolute atomic E-state index is 0.122. The van der Waals surface area contributed by atoms with Crippen molar-refractivity contribution in [2.45, 2.75) is 0 Å². The number of fused-ring (bicyclic) bond motifs is 1. The summed E-state index contributed by atoms with van der Waals surface area (Å²) in [7, 11) is 1.59. The fourth-order valence-electron chi connectivity index (χ4n) is 2.26. The maximum Gasteiger partial charge on any atom is 0.287 e. The van der Waals surface area contributed by atoms with Crippen molar-refractivity contribution in [3.05, 3.63) is 64.6 Å². The van der Waals surface area contributed by atoms with E-state index < -0.39 is 10.8 Å². The van der Waals surface area contributed by atoms with Crippen LogP contribution in [0.15, 0.2) is 48.8 Å². The van der Waals surface area contributed by atoms with Crippen LogP contribution in [0.25, 0.3) is 10.9 Å². The zero-order chi connectivity index (χ0) is 15.7. The number of hydrogen-bond donors (Lipinski definition) is 1. The van der Waals surface area contributed by atoms with E-state index in [2.05, 4.69) is 10.3 Å². The lowest BCUT2D eigenvalue weighted by molar-refractivity contribution is -0.384. The first kappa shape index (κ1) is 13.7. The van der Waals surface area contributed by atoms with E-state index in [1.165, 1.54) is 16.8 Å². The zero-order valence-electron chi connectivity index (χ0n) is 11.7. The number of nitrogens with one attached hydrogen (secondary N) is 1. The van der Waals surface area contributed by atoms with Gasteiger partial charge < -0.3 is 9.88 Å². The molecule has 2 aromatic heterocycles. The van der Waals surface area contributed by atoms with Crippen molar-refractivity contribution < 1.29 is 9.72 Å². The highest BCUT2D eigenvalue weighted by Gasteiger charge is 2.18. The molecule has 0 bridgehead atoms. The number of hydrogen-bond acceptors (Lipinski definition) is 4. The highest BCUT2D eigenvalue weighted by Crippen LogP contribution is 2.22. The Kier molecular flexibility index (Phi) is 3.30. The van der Waals surface area contributed by atoms with Crippen LogP contribution >= 0.6 is 0 Å². The summed E-state index contributed by atoms with van der Waals surface area (Å²) in [5.74, 6) is -0.422. The SMILES string of the molecule is Cn1cc([N+](=O)[O-])cc1C(=O)Nc1cccc2cccnc12. The molecule has 3 aromatic rings. The van der Waals surface area contributed by atoms with Crippen LogP contribution in [0.4, 0.5) is 11.4 Å². The summed E-state index contributed by atoms with van der Waals surface area (Å²) in [4.78, 5) is 26.8. The van der Waals surface area contributed by atoms with Gasteiger partial charge in [-0.2, -0.15) is 0 Å². The maximum atomic E-state index is 12.3. The van der Waals surface area contributed by atoms with Crippen molar-refractivity contribution in [1.82, 2.24) is 9.55 Å². The molecule has 7 nitrogen and oxygen atoms in total. The van der Waals surface area contributed by atoms with Gasteiger partial charge in [0, 0.05) is 24.7 Å². The van der Waals surface area contributed by atoms with Crippen LogP contribution in [-0.2, 0) is 7.05 Å². The maximum absolute atomic E-state index is 12.3. The molecule has 1 aromatic carbocycles. The second kappa shape index (κ2) is 5.28. The summed E-state index contributed by atoms with van der Waals surface area (Å²) in [5, 5.41) is 14.4. The summed E-state index contributed by atoms with van der Waals surface area (Å²) >= 11 is 0. The Labute approximate surface area is 125 Å². The quantitative estimate of drug-likeness (QED) is 0.594. The zero-order valence-corrected chi connectivity index (χ0v) is 11.7. The molecular weight excluding hydrogens is 284 g/mol. The van der Waals surface area contributed by atoms with Crippen LogP contribution in [0.3, 0.4) is 0 Å². The molecule has 3 rings (SSSR count). The largest absolute Gasteiger partial charge is 0.340 e. The first-order chi connectivity index (χ1) is 10.6. The predicted molar refractivity (Wildman–Crippen MR) is 81.8 cm³/mol. The van der Waals surface area contributed by atoms with Gasteiger partial charge in [-0.15, -0.1) is 0 Å². The van der Waals surface area contributed by atoms with E-state index in [1.54, 1.807) is 19.3 Å². The highest BCUT2D eigenvalue weighted by atomic mass is 16.6. The lowest BCUT2D eigenvalue weighted by Crippen LogP contribution is -2.15. The number of amides is 1. The van der Waals surface area contributed by atoms with Gasteiger partial charge in [0.2, 0.25) is 0 Å². The molecule has 22 heavy (non-hydrogen) atoms. The van der Waals surface area contributed by atoms with Crippen molar-refractivity contribution >= 4 is 28.2 Å². The Balaban J connectivity index is 1.95. The fraction of sp³-hybridized carbons (Fsp3) is 0.0667. The molecule has 0 aliphatic carbocycles. The van der Waals surface area contributed by atoms with Crippen LogP contribution in [0.5, 0.6) is 0 Å². The molecule has 110 valence electrons.